The van der Waals surface area contributed by atoms with Gasteiger partial charge in [-0.25, -0.2) is 0 Å². The van der Waals surface area contributed by atoms with Crippen LogP contribution in [-0.2, 0) is 9.47 Å². The molecule has 4 rings (SSSR count). The predicted molar refractivity (Wildman–Crippen MR) is 71.9 cm³/mol. The first-order chi connectivity index (χ1) is 9.36. The minimum atomic E-state index is -0.278. The van der Waals surface area contributed by atoms with Crippen LogP contribution in [0.25, 0.3) is 10.9 Å². The topological polar surface area (TPSA) is 36.3 Å². The SMILES string of the molecule is c1ccc2c(c1)cnn2C1CCC2(CC1)OCCO2. The fraction of sp³-hybridized carbons (Fsp3) is 0.533. The third-order valence-corrected chi connectivity index (χ3v) is 4.38. The van der Waals surface area contributed by atoms with E-state index in [0.717, 1.165) is 38.9 Å². The van der Waals surface area contributed by atoms with Crippen LogP contribution in [0.3, 0.4) is 0 Å². The zero-order chi connectivity index (χ0) is 12.7. The van der Waals surface area contributed by atoms with Crippen LogP contribution in [-0.4, -0.2) is 28.8 Å². The van der Waals surface area contributed by atoms with Gasteiger partial charge in [-0.1, -0.05) is 18.2 Å². The van der Waals surface area contributed by atoms with E-state index < -0.39 is 0 Å². The number of ether oxygens (including phenoxy) is 2. The van der Waals surface area contributed by atoms with Crippen LogP contribution < -0.4 is 0 Å². The number of rotatable bonds is 1. The number of aromatic nitrogens is 2. The molecule has 1 aromatic carbocycles. The first-order valence-electron chi connectivity index (χ1n) is 7.07. The van der Waals surface area contributed by atoms with Gasteiger partial charge in [0.25, 0.3) is 0 Å². The molecule has 0 radical (unpaired) electrons. The Morgan fingerprint density at radius 2 is 1.84 bits per heavy atom. The molecule has 0 N–H and O–H groups in total. The molecular formula is C15H18N2O2. The van der Waals surface area contributed by atoms with E-state index in [1.165, 1.54) is 10.9 Å². The van der Waals surface area contributed by atoms with Crippen molar-refractivity contribution in [1.82, 2.24) is 9.78 Å². The third-order valence-electron chi connectivity index (χ3n) is 4.38. The fourth-order valence-electron chi connectivity index (χ4n) is 3.36. The summed E-state index contributed by atoms with van der Waals surface area (Å²) in [5.74, 6) is -0.278. The van der Waals surface area contributed by atoms with Crippen LogP contribution in [0, 0.1) is 0 Å². The molecule has 1 aromatic heterocycles. The summed E-state index contributed by atoms with van der Waals surface area (Å²) >= 11 is 0. The highest BCUT2D eigenvalue weighted by atomic mass is 16.7. The molecule has 1 aliphatic heterocycles. The molecule has 2 aromatic rings. The molecule has 2 aliphatic rings. The molecule has 0 amide bonds. The van der Waals surface area contributed by atoms with E-state index >= 15 is 0 Å². The van der Waals surface area contributed by atoms with Gasteiger partial charge >= 0.3 is 0 Å². The standard InChI is InChI=1S/C15H18N2O2/c1-2-4-14-12(3-1)11-16-17(14)13-5-7-15(8-6-13)18-9-10-19-15/h1-4,11,13H,5-10H2. The Kier molecular flexibility index (Phi) is 2.60. The highest BCUT2D eigenvalue weighted by Crippen LogP contribution is 2.40. The maximum atomic E-state index is 5.78. The van der Waals surface area contributed by atoms with Gasteiger partial charge in [0, 0.05) is 18.2 Å². The van der Waals surface area contributed by atoms with E-state index in [2.05, 4.69) is 34.0 Å². The number of para-hydroxylation sites is 1. The summed E-state index contributed by atoms with van der Waals surface area (Å²) in [4.78, 5) is 0. The highest BCUT2D eigenvalue weighted by molar-refractivity contribution is 5.78. The van der Waals surface area contributed by atoms with Crippen LogP contribution in [0.4, 0.5) is 0 Å². The Morgan fingerprint density at radius 3 is 2.63 bits per heavy atom. The smallest absolute Gasteiger partial charge is 0.168 e. The molecule has 2 heterocycles. The second-order valence-corrected chi connectivity index (χ2v) is 5.49. The van der Waals surface area contributed by atoms with E-state index in [1.807, 2.05) is 6.20 Å². The van der Waals surface area contributed by atoms with Crippen molar-refractivity contribution in [3.05, 3.63) is 30.5 Å². The Morgan fingerprint density at radius 1 is 1.11 bits per heavy atom. The van der Waals surface area contributed by atoms with Crippen molar-refractivity contribution >= 4 is 10.9 Å². The number of fused-ring (bicyclic) bond motifs is 1. The molecule has 1 aliphatic carbocycles. The van der Waals surface area contributed by atoms with Crippen molar-refractivity contribution < 1.29 is 9.47 Å². The van der Waals surface area contributed by atoms with Gasteiger partial charge in [-0.15, -0.1) is 0 Å². The quantitative estimate of drug-likeness (QED) is 0.789. The van der Waals surface area contributed by atoms with Crippen LogP contribution in [0.5, 0.6) is 0 Å². The first kappa shape index (κ1) is 11.4. The predicted octanol–water partition coefficient (Wildman–Crippen LogP) is 2.89. The summed E-state index contributed by atoms with van der Waals surface area (Å²) in [6.07, 6.45) is 6.07. The lowest BCUT2D eigenvalue weighted by Gasteiger charge is -2.35. The number of hydrogen-bond acceptors (Lipinski definition) is 3. The van der Waals surface area contributed by atoms with Crippen molar-refractivity contribution in [3.8, 4) is 0 Å². The van der Waals surface area contributed by atoms with E-state index in [0.29, 0.717) is 6.04 Å². The molecule has 2 fully saturated rings. The average Bonchev–Trinajstić information content (AvgIpc) is 3.08. The second-order valence-electron chi connectivity index (χ2n) is 5.49. The van der Waals surface area contributed by atoms with Gasteiger partial charge < -0.3 is 9.47 Å². The maximum absolute atomic E-state index is 5.78. The lowest BCUT2D eigenvalue weighted by Crippen LogP contribution is -2.36. The van der Waals surface area contributed by atoms with Gasteiger partial charge in [0.1, 0.15) is 0 Å². The molecule has 0 atom stereocenters. The summed E-state index contributed by atoms with van der Waals surface area (Å²) in [6.45, 7) is 1.49. The minimum Gasteiger partial charge on any atom is -0.348 e. The molecule has 1 saturated carbocycles. The van der Waals surface area contributed by atoms with Crippen molar-refractivity contribution in [1.29, 1.82) is 0 Å². The van der Waals surface area contributed by atoms with Crippen LogP contribution >= 0.6 is 0 Å². The Bertz CT molecular complexity index is 577. The number of benzene rings is 1. The van der Waals surface area contributed by atoms with Crippen molar-refractivity contribution in [2.24, 2.45) is 0 Å². The van der Waals surface area contributed by atoms with Crippen LogP contribution in [0.2, 0.25) is 0 Å². The van der Waals surface area contributed by atoms with Crippen molar-refractivity contribution in [2.75, 3.05) is 13.2 Å². The van der Waals surface area contributed by atoms with Crippen molar-refractivity contribution in [2.45, 2.75) is 37.5 Å². The first-order valence-corrected chi connectivity index (χ1v) is 7.07. The van der Waals surface area contributed by atoms with Crippen LogP contribution in [0.15, 0.2) is 30.5 Å². The van der Waals surface area contributed by atoms with Gasteiger partial charge in [-0.2, -0.15) is 5.10 Å². The Balaban J connectivity index is 1.58. The third kappa shape index (κ3) is 1.86. The summed E-state index contributed by atoms with van der Waals surface area (Å²) in [7, 11) is 0. The highest BCUT2D eigenvalue weighted by Gasteiger charge is 2.40. The number of hydrogen-bond donors (Lipinski definition) is 0. The maximum Gasteiger partial charge on any atom is 0.168 e. The molecule has 4 heteroatoms. The second kappa shape index (κ2) is 4.32. The van der Waals surface area contributed by atoms with Crippen molar-refractivity contribution in [3.63, 3.8) is 0 Å². The molecule has 0 unspecified atom stereocenters. The molecular weight excluding hydrogens is 240 g/mol. The summed E-state index contributed by atoms with van der Waals surface area (Å²) in [5, 5.41) is 5.79. The molecule has 1 spiro atoms. The number of nitrogens with zero attached hydrogens (tertiary/aromatic N) is 2. The average molecular weight is 258 g/mol. The van der Waals surface area contributed by atoms with Crippen LogP contribution in [0.1, 0.15) is 31.7 Å². The van der Waals surface area contributed by atoms with E-state index in [-0.39, 0.29) is 5.79 Å². The summed E-state index contributed by atoms with van der Waals surface area (Å²) in [5.41, 5.74) is 1.23. The van der Waals surface area contributed by atoms with Gasteiger partial charge in [0.15, 0.2) is 5.79 Å². The zero-order valence-corrected chi connectivity index (χ0v) is 10.9. The Labute approximate surface area is 112 Å². The summed E-state index contributed by atoms with van der Waals surface area (Å²) in [6, 6.07) is 8.87. The zero-order valence-electron chi connectivity index (χ0n) is 10.9. The van der Waals surface area contributed by atoms with E-state index in [4.69, 9.17) is 9.47 Å². The molecule has 0 bridgehead atoms. The normalized spacial score (nSPS) is 23.4. The largest absolute Gasteiger partial charge is 0.348 e. The minimum absolute atomic E-state index is 0.278. The lowest BCUT2D eigenvalue weighted by atomic mass is 9.90. The van der Waals surface area contributed by atoms with Gasteiger partial charge in [-0.05, 0) is 18.9 Å². The van der Waals surface area contributed by atoms with E-state index in [9.17, 15) is 0 Å². The molecule has 4 nitrogen and oxygen atoms in total. The Hall–Kier alpha value is -1.39. The molecule has 100 valence electrons. The molecule has 19 heavy (non-hydrogen) atoms. The summed E-state index contributed by atoms with van der Waals surface area (Å²) < 4.78 is 13.7. The lowest BCUT2D eigenvalue weighted by molar-refractivity contribution is -0.181. The van der Waals surface area contributed by atoms with E-state index in [1.54, 1.807) is 0 Å². The molecule has 1 saturated heterocycles. The van der Waals surface area contributed by atoms with Gasteiger partial charge in [0.2, 0.25) is 0 Å². The van der Waals surface area contributed by atoms with Gasteiger partial charge in [0.05, 0.1) is 31.0 Å². The van der Waals surface area contributed by atoms with Gasteiger partial charge in [-0.3, -0.25) is 4.68 Å². The fourth-order valence-corrected chi connectivity index (χ4v) is 3.36. The monoisotopic (exact) mass is 258 g/mol.